The number of nitrogens with zero attached hydrogens (tertiary/aromatic N) is 1. The molecule has 0 saturated heterocycles. The predicted molar refractivity (Wildman–Crippen MR) is 53.8 cm³/mol. The lowest BCUT2D eigenvalue weighted by Crippen LogP contribution is -2.04. The topological polar surface area (TPSA) is 38.1 Å². The van der Waals surface area contributed by atoms with Gasteiger partial charge >= 0.3 is 0 Å². The molecule has 1 aromatic heterocycles. The standard InChI is InChI=1S/C11H10N2O/c1-7-2-3-9-8(4-7)5-11-10(13-9)6-12-14-11/h2-4,6,13H,5H2,1H3. The first-order valence-corrected chi connectivity index (χ1v) is 4.63. The molecule has 3 heteroatoms. The van der Waals surface area contributed by atoms with Gasteiger partial charge in [-0.2, -0.15) is 0 Å². The molecule has 2 aromatic rings. The van der Waals surface area contributed by atoms with Crippen LogP contribution in [0.2, 0.25) is 0 Å². The van der Waals surface area contributed by atoms with Gasteiger partial charge in [-0.1, -0.05) is 22.9 Å². The van der Waals surface area contributed by atoms with Crippen LogP contribution in [0.4, 0.5) is 11.4 Å². The molecule has 0 aliphatic carbocycles. The minimum atomic E-state index is 0.833. The van der Waals surface area contributed by atoms with E-state index >= 15 is 0 Å². The van der Waals surface area contributed by atoms with E-state index in [4.69, 9.17) is 4.52 Å². The van der Waals surface area contributed by atoms with E-state index in [0.717, 1.165) is 23.6 Å². The number of nitrogens with one attached hydrogen (secondary N) is 1. The maximum absolute atomic E-state index is 5.14. The number of hydrogen-bond donors (Lipinski definition) is 1. The Balaban J connectivity index is 2.12. The number of rotatable bonds is 0. The molecule has 0 unspecified atom stereocenters. The maximum atomic E-state index is 5.14. The molecule has 1 aliphatic heterocycles. The van der Waals surface area contributed by atoms with Crippen LogP contribution in [0.25, 0.3) is 0 Å². The number of benzene rings is 1. The van der Waals surface area contributed by atoms with Crippen molar-refractivity contribution < 1.29 is 4.52 Å². The Morgan fingerprint density at radius 1 is 1.36 bits per heavy atom. The van der Waals surface area contributed by atoms with Crippen molar-refractivity contribution in [2.45, 2.75) is 13.3 Å². The van der Waals surface area contributed by atoms with E-state index in [1.54, 1.807) is 6.20 Å². The van der Waals surface area contributed by atoms with Crippen LogP contribution >= 0.6 is 0 Å². The van der Waals surface area contributed by atoms with E-state index in [2.05, 4.69) is 35.6 Å². The van der Waals surface area contributed by atoms with Crippen molar-refractivity contribution in [1.29, 1.82) is 0 Å². The van der Waals surface area contributed by atoms with Crippen molar-refractivity contribution in [1.82, 2.24) is 5.16 Å². The van der Waals surface area contributed by atoms with E-state index in [1.807, 2.05) is 0 Å². The van der Waals surface area contributed by atoms with Gasteiger partial charge in [-0.15, -0.1) is 0 Å². The summed E-state index contributed by atoms with van der Waals surface area (Å²) in [5.74, 6) is 0.920. The second-order valence-corrected chi connectivity index (χ2v) is 3.63. The van der Waals surface area contributed by atoms with Gasteiger partial charge in [-0.25, -0.2) is 0 Å². The van der Waals surface area contributed by atoms with Crippen molar-refractivity contribution in [2.75, 3.05) is 5.32 Å². The summed E-state index contributed by atoms with van der Waals surface area (Å²) in [6.45, 7) is 2.09. The van der Waals surface area contributed by atoms with E-state index < -0.39 is 0 Å². The van der Waals surface area contributed by atoms with Crippen molar-refractivity contribution >= 4 is 11.4 Å². The largest absolute Gasteiger partial charge is 0.359 e. The third-order valence-corrected chi connectivity index (χ3v) is 2.53. The first-order chi connectivity index (χ1) is 6.83. The zero-order chi connectivity index (χ0) is 9.54. The van der Waals surface area contributed by atoms with Crippen LogP contribution in [0.1, 0.15) is 16.9 Å². The highest BCUT2D eigenvalue weighted by atomic mass is 16.5. The summed E-state index contributed by atoms with van der Waals surface area (Å²) in [6.07, 6.45) is 2.55. The number of fused-ring (bicyclic) bond motifs is 2. The molecule has 0 spiro atoms. The third-order valence-electron chi connectivity index (χ3n) is 2.53. The molecule has 14 heavy (non-hydrogen) atoms. The Kier molecular flexibility index (Phi) is 1.42. The van der Waals surface area contributed by atoms with Gasteiger partial charge in [0, 0.05) is 12.1 Å². The molecule has 0 saturated carbocycles. The van der Waals surface area contributed by atoms with Gasteiger partial charge in [0.25, 0.3) is 0 Å². The summed E-state index contributed by atoms with van der Waals surface area (Å²) in [6, 6.07) is 6.37. The fourth-order valence-electron chi connectivity index (χ4n) is 1.80. The average molecular weight is 186 g/mol. The normalized spacial score (nSPS) is 12.9. The Hall–Kier alpha value is -1.77. The lowest BCUT2D eigenvalue weighted by Gasteiger charge is -2.16. The fraction of sp³-hybridized carbons (Fsp3) is 0.182. The molecular formula is C11H10N2O. The first-order valence-electron chi connectivity index (χ1n) is 4.63. The van der Waals surface area contributed by atoms with Crippen LogP contribution < -0.4 is 5.32 Å². The molecule has 0 amide bonds. The van der Waals surface area contributed by atoms with Crippen molar-refractivity contribution in [3.05, 3.63) is 41.3 Å². The first kappa shape index (κ1) is 7.62. The van der Waals surface area contributed by atoms with Gasteiger partial charge < -0.3 is 9.84 Å². The highest BCUT2D eigenvalue weighted by Gasteiger charge is 2.17. The highest BCUT2D eigenvalue weighted by Crippen LogP contribution is 2.32. The Labute approximate surface area is 81.7 Å². The fourth-order valence-corrected chi connectivity index (χ4v) is 1.80. The smallest absolute Gasteiger partial charge is 0.164 e. The second kappa shape index (κ2) is 2.61. The summed E-state index contributed by atoms with van der Waals surface area (Å²) >= 11 is 0. The molecule has 3 rings (SSSR count). The molecule has 0 atom stereocenters. The van der Waals surface area contributed by atoms with Gasteiger partial charge in [-0.05, 0) is 18.6 Å². The average Bonchev–Trinajstić information content (AvgIpc) is 2.61. The minimum Gasteiger partial charge on any atom is -0.359 e. The lowest BCUT2D eigenvalue weighted by atomic mass is 10.0. The molecular weight excluding hydrogens is 176 g/mol. The van der Waals surface area contributed by atoms with E-state index in [-0.39, 0.29) is 0 Å². The second-order valence-electron chi connectivity index (χ2n) is 3.63. The van der Waals surface area contributed by atoms with Crippen LogP contribution in [0.5, 0.6) is 0 Å². The Morgan fingerprint density at radius 2 is 2.29 bits per heavy atom. The predicted octanol–water partition coefficient (Wildman–Crippen LogP) is 2.63. The molecule has 0 radical (unpaired) electrons. The zero-order valence-corrected chi connectivity index (χ0v) is 7.87. The Morgan fingerprint density at radius 3 is 3.21 bits per heavy atom. The lowest BCUT2D eigenvalue weighted by molar-refractivity contribution is 0.389. The van der Waals surface area contributed by atoms with Gasteiger partial charge in [0.15, 0.2) is 5.76 Å². The van der Waals surface area contributed by atoms with Crippen LogP contribution in [0.3, 0.4) is 0 Å². The summed E-state index contributed by atoms with van der Waals surface area (Å²) in [5.41, 5.74) is 4.69. The third kappa shape index (κ3) is 1.02. The van der Waals surface area contributed by atoms with E-state index in [9.17, 15) is 0 Å². The number of aryl methyl sites for hydroxylation is 1. The number of anilines is 2. The van der Waals surface area contributed by atoms with Crippen molar-refractivity contribution in [2.24, 2.45) is 0 Å². The van der Waals surface area contributed by atoms with E-state index in [1.165, 1.54) is 11.1 Å². The summed E-state index contributed by atoms with van der Waals surface area (Å²) in [5, 5.41) is 7.06. The monoisotopic (exact) mass is 186 g/mol. The van der Waals surface area contributed by atoms with Crippen molar-refractivity contribution in [3.8, 4) is 0 Å². The molecule has 3 nitrogen and oxygen atoms in total. The van der Waals surface area contributed by atoms with Crippen LogP contribution in [-0.2, 0) is 6.42 Å². The van der Waals surface area contributed by atoms with Crippen LogP contribution in [0, 0.1) is 6.92 Å². The Bertz CT molecular complexity index is 488. The highest BCUT2D eigenvalue weighted by molar-refractivity contribution is 5.69. The zero-order valence-electron chi connectivity index (χ0n) is 7.87. The summed E-state index contributed by atoms with van der Waals surface area (Å²) in [7, 11) is 0. The summed E-state index contributed by atoms with van der Waals surface area (Å²) < 4.78 is 5.14. The molecule has 2 heterocycles. The molecule has 70 valence electrons. The molecule has 0 fully saturated rings. The number of hydrogen-bond acceptors (Lipinski definition) is 3. The van der Waals surface area contributed by atoms with Gasteiger partial charge in [0.05, 0.1) is 6.20 Å². The van der Waals surface area contributed by atoms with Gasteiger partial charge in [0.1, 0.15) is 5.69 Å². The van der Waals surface area contributed by atoms with Gasteiger partial charge in [0.2, 0.25) is 0 Å². The molecule has 1 aromatic carbocycles. The minimum absolute atomic E-state index is 0.833. The van der Waals surface area contributed by atoms with Gasteiger partial charge in [-0.3, -0.25) is 0 Å². The molecule has 0 bridgehead atoms. The van der Waals surface area contributed by atoms with Crippen molar-refractivity contribution in [3.63, 3.8) is 0 Å². The van der Waals surface area contributed by atoms with Crippen LogP contribution in [-0.4, -0.2) is 5.16 Å². The quantitative estimate of drug-likeness (QED) is 0.586. The van der Waals surface area contributed by atoms with E-state index in [0.29, 0.717) is 0 Å². The maximum Gasteiger partial charge on any atom is 0.164 e. The van der Waals surface area contributed by atoms with Crippen LogP contribution in [0.15, 0.2) is 28.9 Å². The number of aromatic nitrogens is 1. The summed E-state index contributed by atoms with van der Waals surface area (Å²) in [4.78, 5) is 0. The molecule has 1 aliphatic rings. The SMILES string of the molecule is Cc1ccc2c(c1)Cc1oncc1N2. The molecule has 1 N–H and O–H groups in total.